The monoisotopic (exact) mass is 272 g/mol. The maximum absolute atomic E-state index is 12.2. The van der Waals surface area contributed by atoms with Crippen molar-refractivity contribution in [1.29, 1.82) is 0 Å². The van der Waals surface area contributed by atoms with Crippen LogP contribution >= 0.6 is 0 Å². The van der Waals surface area contributed by atoms with Gasteiger partial charge in [-0.15, -0.1) is 0 Å². The van der Waals surface area contributed by atoms with E-state index in [1.54, 1.807) is 0 Å². The third kappa shape index (κ3) is 2.41. The van der Waals surface area contributed by atoms with Gasteiger partial charge in [-0.25, -0.2) is 8.42 Å². The van der Waals surface area contributed by atoms with Gasteiger partial charge in [-0.1, -0.05) is 6.42 Å². The number of nitrogens with one attached hydrogen (secondary N) is 1. The molecule has 1 N–H and O–H groups in total. The SMILES string of the molecule is CNC(=O)c1ccc(S(=O)(=O)N2CCCCC2)o1. The molecule has 1 aromatic heterocycles. The summed E-state index contributed by atoms with van der Waals surface area (Å²) < 4.78 is 30.9. The molecule has 0 saturated carbocycles. The lowest BCUT2D eigenvalue weighted by molar-refractivity contribution is 0.0930. The summed E-state index contributed by atoms with van der Waals surface area (Å²) in [7, 11) is -2.13. The highest BCUT2D eigenvalue weighted by Crippen LogP contribution is 2.22. The van der Waals surface area contributed by atoms with E-state index in [0.717, 1.165) is 19.3 Å². The number of sulfonamides is 1. The van der Waals surface area contributed by atoms with Crippen molar-refractivity contribution in [2.24, 2.45) is 0 Å². The smallest absolute Gasteiger partial charge is 0.286 e. The molecule has 2 heterocycles. The Morgan fingerprint density at radius 3 is 2.56 bits per heavy atom. The molecule has 7 heteroatoms. The minimum absolute atomic E-state index is 0.00749. The van der Waals surface area contributed by atoms with Crippen molar-refractivity contribution in [1.82, 2.24) is 9.62 Å². The van der Waals surface area contributed by atoms with Crippen LogP contribution in [-0.4, -0.2) is 38.8 Å². The van der Waals surface area contributed by atoms with Crippen molar-refractivity contribution in [3.63, 3.8) is 0 Å². The first-order valence-corrected chi connectivity index (χ1v) is 7.32. The molecule has 6 nitrogen and oxygen atoms in total. The fourth-order valence-electron chi connectivity index (χ4n) is 1.94. The fraction of sp³-hybridized carbons (Fsp3) is 0.545. The molecule has 2 rings (SSSR count). The summed E-state index contributed by atoms with van der Waals surface area (Å²) in [4.78, 5) is 11.3. The first kappa shape index (κ1) is 13.1. The number of hydrogen-bond acceptors (Lipinski definition) is 4. The summed E-state index contributed by atoms with van der Waals surface area (Å²) in [5, 5.41) is 2.22. The van der Waals surface area contributed by atoms with Gasteiger partial charge < -0.3 is 9.73 Å². The topological polar surface area (TPSA) is 79.6 Å². The highest BCUT2D eigenvalue weighted by molar-refractivity contribution is 7.89. The van der Waals surface area contributed by atoms with E-state index in [-0.39, 0.29) is 10.9 Å². The van der Waals surface area contributed by atoms with Crippen LogP contribution in [0.5, 0.6) is 0 Å². The van der Waals surface area contributed by atoms with Crippen LogP contribution in [0.15, 0.2) is 21.6 Å². The molecule has 100 valence electrons. The van der Waals surface area contributed by atoms with Crippen LogP contribution in [0.3, 0.4) is 0 Å². The minimum atomic E-state index is -3.60. The Morgan fingerprint density at radius 2 is 1.94 bits per heavy atom. The summed E-state index contributed by atoms with van der Waals surface area (Å²) in [5.74, 6) is -0.428. The Labute approximate surface area is 106 Å². The number of hydrogen-bond donors (Lipinski definition) is 1. The molecule has 1 saturated heterocycles. The van der Waals surface area contributed by atoms with Crippen LogP contribution in [0.25, 0.3) is 0 Å². The van der Waals surface area contributed by atoms with Crippen LogP contribution < -0.4 is 5.32 Å². The lowest BCUT2D eigenvalue weighted by Gasteiger charge is -2.24. The molecule has 0 atom stereocenters. The average molecular weight is 272 g/mol. The van der Waals surface area contributed by atoms with Gasteiger partial charge in [0, 0.05) is 20.1 Å². The predicted octanol–water partition coefficient (Wildman–Crippen LogP) is 0.814. The van der Waals surface area contributed by atoms with Crippen LogP contribution in [0, 0.1) is 0 Å². The van der Waals surface area contributed by atoms with Gasteiger partial charge >= 0.3 is 0 Å². The molecular weight excluding hydrogens is 256 g/mol. The predicted molar refractivity (Wildman–Crippen MR) is 64.7 cm³/mol. The van der Waals surface area contributed by atoms with E-state index in [1.807, 2.05) is 0 Å². The van der Waals surface area contributed by atoms with E-state index in [0.29, 0.717) is 13.1 Å². The van der Waals surface area contributed by atoms with Gasteiger partial charge in [0.15, 0.2) is 5.76 Å². The van der Waals surface area contributed by atoms with Crippen molar-refractivity contribution >= 4 is 15.9 Å². The van der Waals surface area contributed by atoms with Crippen molar-refractivity contribution in [3.05, 3.63) is 17.9 Å². The van der Waals surface area contributed by atoms with Crippen molar-refractivity contribution < 1.29 is 17.6 Å². The maximum atomic E-state index is 12.2. The second-order valence-electron chi connectivity index (χ2n) is 4.16. The Kier molecular flexibility index (Phi) is 3.72. The number of furan rings is 1. The highest BCUT2D eigenvalue weighted by Gasteiger charge is 2.29. The number of piperidine rings is 1. The van der Waals surface area contributed by atoms with E-state index in [2.05, 4.69) is 5.32 Å². The van der Waals surface area contributed by atoms with E-state index < -0.39 is 15.9 Å². The summed E-state index contributed by atoms with van der Waals surface area (Å²) in [6.07, 6.45) is 2.78. The molecule has 1 aromatic rings. The summed E-state index contributed by atoms with van der Waals surface area (Å²) in [6, 6.07) is 2.70. The first-order valence-electron chi connectivity index (χ1n) is 5.88. The summed E-state index contributed by atoms with van der Waals surface area (Å²) in [6.45, 7) is 1.02. The third-order valence-corrected chi connectivity index (χ3v) is 4.71. The normalized spacial score (nSPS) is 17.6. The van der Waals surface area contributed by atoms with Gasteiger partial charge in [-0.2, -0.15) is 4.31 Å². The van der Waals surface area contributed by atoms with Gasteiger partial charge in [0.25, 0.3) is 15.9 Å². The van der Waals surface area contributed by atoms with Crippen LogP contribution in [0.1, 0.15) is 29.8 Å². The fourth-order valence-corrected chi connectivity index (χ4v) is 3.37. The zero-order valence-corrected chi connectivity index (χ0v) is 11.0. The third-order valence-electron chi connectivity index (χ3n) is 2.94. The lowest BCUT2D eigenvalue weighted by atomic mass is 10.2. The first-order chi connectivity index (χ1) is 8.55. The molecule has 0 radical (unpaired) electrons. The summed E-state index contributed by atoms with van der Waals surface area (Å²) in [5.41, 5.74) is 0. The molecular formula is C11H16N2O4S. The van der Waals surface area contributed by atoms with Gasteiger partial charge in [0.05, 0.1) is 0 Å². The molecule has 0 unspecified atom stereocenters. The second kappa shape index (κ2) is 5.11. The van der Waals surface area contributed by atoms with E-state index in [9.17, 15) is 13.2 Å². The molecule has 0 aliphatic carbocycles. The van der Waals surface area contributed by atoms with Crippen LogP contribution in [0.2, 0.25) is 0 Å². The molecule has 1 aliphatic rings. The Bertz CT molecular complexity index is 529. The Morgan fingerprint density at radius 1 is 1.28 bits per heavy atom. The molecule has 1 fully saturated rings. The number of nitrogens with zero attached hydrogens (tertiary/aromatic N) is 1. The largest absolute Gasteiger partial charge is 0.438 e. The number of carbonyl (C=O) groups excluding carboxylic acids is 1. The zero-order chi connectivity index (χ0) is 13.2. The van der Waals surface area contributed by atoms with Crippen molar-refractivity contribution in [3.8, 4) is 0 Å². The number of carbonyl (C=O) groups is 1. The van der Waals surface area contributed by atoms with E-state index in [1.165, 1.54) is 23.5 Å². The molecule has 1 amide bonds. The van der Waals surface area contributed by atoms with Crippen molar-refractivity contribution in [2.45, 2.75) is 24.4 Å². The van der Waals surface area contributed by atoms with Gasteiger partial charge in [0.2, 0.25) is 5.09 Å². The molecule has 0 aromatic carbocycles. The van der Waals surface area contributed by atoms with Gasteiger partial charge in [-0.3, -0.25) is 4.79 Å². The van der Waals surface area contributed by atoms with Gasteiger partial charge in [0.1, 0.15) is 0 Å². The molecule has 0 bridgehead atoms. The quantitative estimate of drug-likeness (QED) is 0.883. The average Bonchev–Trinajstić information content (AvgIpc) is 2.89. The van der Waals surface area contributed by atoms with E-state index >= 15 is 0 Å². The molecule has 0 spiro atoms. The Balaban J connectivity index is 2.24. The second-order valence-corrected chi connectivity index (χ2v) is 6.03. The zero-order valence-electron chi connectivity index (χ0n) is 10.2. The number of rotatable bonds is 3. The van der Waals surface area contributed by atoms with Crippen LogP contribution in [-0.2, 0) is 10.0 Å². The van der Waals surface area contributed by atoms with Gasteiger partial charge in [-0.05, 0) is 25.0 Å². The van der Waals surface area contributed by atoms with Crippen LogP contribution in [0.4, 0.5) is 0 Å². The standard InChI is InChI=1S/C11H16N2O4S/c1-12-11(14)9-5-6-10(17-9)18(15,16)13-7-3-2-4-8-13/h5-6H,2-4,7-8H2,1H3,(H,12,14). The number of amides is 1. The van der Waals surface area contributed by atoms with E-state index in [4.69, 9.17) is 4.42 Å². The summed E-state index contributed by atoms with van der Waals surface area (Å²) >= 11 is 0. The highest BCUT2D eigenvalue weighted by atomic mass is 32.2. The lowest BCUT2D eigenvalue weighted by Crippen LogP contribution is -2.35. The molecule has 1 aliphatic heterocycles. The molecule has 18 heavy (non-hydrogen) atoms. The van der Waals surface area contributed by atoms with Crippen molar-refractivity contribution in [2.75, 3.05) is 20.1 Å². The maximum Gasteiger partial charge on any atom is 0.286 e. The minimum Gasteiger partial charge on any atom is -0.438 e. The Hall–Kier alpha value is -1.34.